The van der Waals surface area contributed by atoms with Gasteiger partial charge in [0.2, 0.25) is 0 Å². The molecule has 1 rings (SSSR count). The highest BCUT2D eigenvalue weighted by molar-refractivity contribution is 7.93. The molecule has 6 heteroatoms. The predicted molar refractivity (Wildman–Crippen MR) is 75.2 cm³/mol. The number of nitrogens with zero attached hydrogens (tertiary/aromatic N) is 2. The van der Waals surface area contributed by atoms with Gasteiger partial charge in [-0.25, -0.2) is 4.79 Å². The minimum Gasteiger partial charge on any atom is -0.448 e. The molecular weight excluding hydrogens is 256 g/mol. The highest BCUT2D eigenvalue weighted by atomic mass is 32.2. The number of benzene rings is 1. The highest BCUT2D eigenvalue weighted by Crippen LogP contribution is 2.26. The zero-order valence-corrected chi connectivity index (χ0v) is 11.8. The molecule has 1 aromatic carbocycles. The molecule has 1 amide bonds. The summed E-state index contributed by atoms with van der Waals surface area (Å²) in [6.07, 6.45) is -0.508. The average molecular weight is 272 g/mol. The van der Waals surface area contributed by atoms with Crippen LogP contribution in [0.25, 0.3) is 0 Å². The fourth-order valence-electron chi connectivity index (χ4n) is 1.42. The van der Waals surface area contributed by atoms with Crippen LogP contribution in [-0.2, 0) is 4.74 Å². The van der Waals surface area contributed by atoms with Crippen LogP contribution in [-0.4, -0.2) is 16.5 Å². The number of carbonyl (C=O) groups excluding carboxylic acids is 1. The van der Waals surface area contributed by atoms with Gasteiger partial charge >= 0.3 is 6.09 Å². The molecule has 0 aliphatic rings. The van der Waals surface area contributed by atoms with Crippen molar-refractivity contribution in [2.45, 2.75) is 20.8 Å². The number of hydrogen-bond acceptors (Lipinski definition) is 5. The van der Waals surface area contributed by atoms with Crippen LogP contribution in [0.2, 0.25) is 0 Å². The number of rotatable bonds is 3. The zero-order valence-electron chi connectivity index (χ0n) is 10.0. The fourth-order valence-corrected chi connectivity index (χ4v) is 1.76. The number of hydrogen-bond donors (Lipinski definition) is 2. The largest absolute Gasteiger partial charge is 0.448 e. The summed E-state index contributed by atoms with van der Waals surface area (Å²) in [7, 11) is 0. The smallest absolute Gasteiger partial charge is 0.430 e. The van der Waals surface area contributed by atoms with Crippen molar-refractivity contribution >= 4 is 37.4 Å². The molecule has 0 aliphatic heterocycles. The standard InChI is InChI=1S/C11H16N2O2S2/c1-4-15-11(14)12(13(16)17)10-7-5-6-8(2)9(10)3/h5-7,16-17H,4H2,1-3H3. The van der Waals surface area contributed by atoms with Gasteiger partial charge in [-0.2, -0.15) is 5.01 Å². The van der Waals surface area contributed by atoms with Gasteiger partial charge in [-0.3, -0.25) is 0 Å². The maximum absolute atomic E-state index is 11.8. The number of thiol groups is 2. The Hall–Kier alpha value is -0.850. The van der Waals surface area contributed by atoms with Crippen molar-refractivity contribution in [2.24, 2.45) is 0 Å². The van der Waals surface area contributed by atoms with E-state index in [4.69, 9.17) is 4.74 Å². The van der Waals surface area contributed by atoms with E-state index in [9.17, 15) is 4.79 Å². The minimum atomic E-state index is -0.508. The maximum atomic E-state index is 11.8. The van der Waals surface area contributed by atoms with Crippen molar-refractivity contribution in [1.29, 1.82) is 0 Å². The maximum Gasteiger partial charge on any atom is 0.430 e. The van der Waals surface area contributed by atoms with Gasteiger partial charge in [-0.1, -0.05) is 37.8 Å². The molecule has 0 unspecified atom stereocenters. The van der Waals surface area contributed by atoms with Gasteiger partial charge in [0.15, 0.2) is 0 Å². The van der Waals surface area contributed by atoms with Gasteiger partial charge in [-0.15, -0.1) is 3.82 Å². The number of hydrazine groups is 1. The van der Waals surface area contributed by atoms with Gasteiger partial charge in [-0.05, 0) is 38.0 Å². The number of carbonyl (C=O) groups is 1. The number of aryl methyl sites for hydroxylation is 1. The second kappa shape index (κ2) is 6.18. The Bertz CT molecular complexity index is 410. The SMILES string of the molecule is CCOC(=O)N(c1cccc(C)c1C)N(S)S. The molecule has 0 atom stereocenters. The molecule has 4 nitrogen and oxygen atoms in total. The lowest BCUT2D eigenvalue weighted by Gasteiger charge is -2.27. The monoisotopic (exact) mass is 272 g/mol. The quantitative estimate of drug-likeness (QED) is 0.655. The number of ether oxygens (including phenoxy) is 1. The molecule has 94 valence electrons. The van der Waals surface area contributed by atoms with Crippen LogP contribution in [0.4, 0.5) is 10.5 Å². The molecule has 0 radical (unpaired) electrons. The van der Waals surface area contributed by atoms with E-state index >= 15 is 0 Å². The van der Waals surface area contributed by atoms with Crippen molar-refractivity contribution in [3.63, 3.8) is 0 Å². The molecule has 0 saturated heterocycles. The first-order chi connectivity index (χ1) is 7.99. The molecule has 0 heterocycles. The van der Waals surface area contributed by atoms with Gasteiger partial charge in [0, 0.05) is 0 Å². The summed E-state index contributed by atoms with van der Waals surface area (Å²) in [6, 6.07) is 5.66. The van der Waals surface area contributed by atoms with Crippen LogP contribution in [0.1, 0.15) is 18.1 Å². The highest BCUT2D eigenvalue weighted by Gasteiger charge is 2.22. The molecule has 0 fully saturated rings. The number of anilines is 1. The lowest BCUT2D eigenvalue weighted by Crippen LogP contribution is -2.37. The Morgan fingerprint density at radius 2 is 2.00 bits per heavy atom. The van der Waals surface area contributed by atoms with E-state index in [0.717, 1.165) is 14.9 Å². The van der Waals surface area contributed by atoms with E-state index < -0.39 is 6.09 Å². The number of amides is 1. The van der Waals surface area contributed by atoms with Crippen molar-refractivity contribution in [3.05, 3.63) is 29.3 Å². The summed E-state index contributed by atoms with van der Waals surface area (Å²) in [4.78, 5) is 11.8. The first-order valence-electron chi connectivity index (χ1n) is 5.20. The van der Waals surface area contributed by atoms with E-state index in [1.165, 1.54) is 5.01 Å². The summed E-state index contributed by atoms with van der Waals surface area (Å²) >= 11 is 8.08. The van der Waals surface area contributed by atoms with Crippen LogP contribution < -0.4 is 5.01 Å². The van der Waals surface area contributed by atoms with Crippen molar-refractivity contribution in [1.82, 2.24) is 3.82 Å². The van der Waals surface area contributed by atoms with Crippen molar-refractivity contribution in [2.75, 3.05) is 11.6 Å². The van der Waals surface area contributed by atoms with Gasteiger partial charge in [0.05, 0.1) is 12.3 Å². The summed E-state index contributed by atoms with van der Waals surface area (Å²) < 4.78 is 6.07. The molecular formula is C11H16N2O2S2. The van der Waals surface area contributed by atoms with E-state index in [1.54, 1.807) is 6.92 Å². The third-order valence-electron chi connectivity index (χ3n) is 2.42. The van der Waals surface area contributed by atoms with Crippen molar-refractivity contribution < 1.29 is 9.53 Å². The molecule has 1 aromatic rings. The zero-order chi connectivity index (χ0) is 13.0. The van der Waals surface area contributed by atoms with Gasteiger partial charge in [0.25, 0.3) is 0 Å². The van der Waals surface area contributed by atoms with Crippen LogP contribution >= 0.6 is 25.6 Å². The fraction of sp³-hybridized carbons (Fsp3) is 0.364. The van der Waals surface area contributed by atoms with E-state index in [1.807, 2.05) is 32.0 Å². The molecule has 0 aliphatic carbocycles. The molecule has 0 saturated carbocycles. The van der Waals surface area contributed by atoms with Crippen LogP contribution in [0.3, 0.4) is 0 Å². The summed E-state index contributed by atoms with van der Waals surface area (Å²) in [6.45, 7) is 5.96. The van der Waals surface area contributed by atoms with E-state index in [2.05, 4.69) is 25.6 Å². The van der Waals surface area contributed by atoms with Crippen LogP contribution in [0.15, 0.2) is 18.2 Å². The minimum absolute atomic E-state index is 0.301. The summed E-state index contributed by atoms with van der Waals surface area (Å²) in [5.74, 6) is 0. The third-order valence-corrected chi connectivity index (χ3v) is 2.78. The first-order valence-corrected chi connectivity index (χ1v) is 6.00. The normalized spacial score (nSPS) is 10.5. The van der Waals surface area contributed by atoms with Crippen molar-refractivity contribution in [3.8, 4) is 0 Å². The van der Waals surface area contributed by atoms with E-state index in [0.29, 0.717) is 12.3 Å². The third kappa shape index (κ3) is 3.31. The Labute approximate surface area is 113 Å². The lowest BCUT2D eigenvalue weighted by atomic mass is 10.1. The second-order valence-corrected chi connectivity index (χ2v) is 4.57. The molecule has 0 N–H and O–H groups in total. The summed E-state index contributed by atoms with van der Waals surface area (Å²) in [5, 5.41) is 1.26. The van der Waals surface area contributed by atoms with E-state index in [-0.39, 0.29) is 0 Å². The molecule has 0 bridgehead atoms. The average Bonchev–Trinajstić information content (AvgIpc) is 2.24. The Morgan fingerprint density at radius 1 is 1.35 bits per heavy atom. The van der Waals surface area contributed by atoms with Crippen LogP contribution in [0, 0.1) is 13.8 Å². The Balaban J connectivity index is 3.14. The summed E-state index contributed by atoms with van der Waals surface area (Å²) in [5.41, 5.74) is 2.77. The lowest BCUT2D eigenvalue weighted by molar-refractivity contribution is 0.155. The van der Waals surface area contributed by atoms with Crippen LogP contribution in [0.5, 0.6) is 0 Å². The van der Waals surface area contributed by atoms with Gasteiger partial charge < -0.3 is 4.74 Å². The topological polar surface area (TPSA) is 32.8 Å². The predicted octanol–water partition coefficient (Wildman–Crippen LogP) is 3.17. The first kappa shape index (κ1) is 14.2. The molecule has 0 aromatic heterocycles. The Kier molecular flexibility index (Phi) is 5.17. The Morgan fingerprint density at radius 3 is 2.53 bits per heavy atom. The van der Waals surface area contributed by atoms with Gasteiger partial charge in [0.1, 0.15) is 0 Å². The second-order valence-electron chi connectivity index (χ2n) is 3.50. The molecule has 17 heavy (non-hydrogen) atoms. The molecule has 0 spiro atoms.